The van der Waals surface area contributed by atoms with Crippen LogP contribution in [0.1, 0.15) is 35.2 Å². The molecule has 1 N–H and O–H groups in total. The molecular weight excluding hydrogens is 468 g/mol. The van der Waals surface area contributed by atoms with Crippen LogP contribution in [0.4, 0.5) is 5.82 Å². The number of ketones is 1. The van der Waals surface area contributed by atoms with Crippen molar-refractivity contribution >= 4 is 28.8 Å². The van der Waals surface area contributed by atoms with Gasteiger partial charge in [-0.15, -0.1) is 0 Å². The number of carbonyl (C=O) groups excluding carboxylic acids is 1. The minimum atomic E-state index is 0.227. The molecule has 2 heterocycles. The molecule has 1 fully saturated rings. The number of halogens is 1. The molecule has 3 aromatic carbocycles. The van der Waals surface area contributed by atoms with Gasteiger partial charge in [0.2, 0.25) is 0 Å². The number of imidazole rings is 1. The Bertz CT molecular complexity index is 1540. The molecule has 0 bridgehead atoms. The van der Waals surface area contributed by atoms with Crippen molar-refractivity contribution in [2.24, 2.45) is 5.92 Å². The molecule has 36 heavy (non-hydrogen) atoms. The van der Waals surface area contributed by atoms with Gasteiger partial charge in [0.25, 0.3) is 0 Å². The van der Waals surface area contributed by atoms with Crippen LogP contribution in [0.3, 0.4) is 0 Å². The smallest absolute Gasteiger partial charge is 0.180 e. The van der Waals surface area contributed by atoms with E-state index in [0.29, 0.717) is 29.7 Å². The van der Waals surface area contributed by atoms with E-state index in [1.54, 1.807) is 0 Å². The lowest BCUT2D eigenvalue weighted by atomic mass is 10.0. The molecule has 0 spiro atoms. The Morgan fingerprint density at radius 2 is 1.78 bits per heavy atom. The molecule has 0 aliphatic heterocycles. The van der Waals surface area contributed by atoms with Crippen molar-refractivity contribution in [3.63, 3.8) is 0 Å². The highest BCUT2D eigenvalue weighted by Crippen LogP contribution is 2.34. The maximum Gasteiger partial charge on any atom is 0.180 e. The van der Waals surface area contributed by atoms with E-state index in [9.17, 15) is 4.79 Å². The quantitative estimate of drug-likeness (QED) is 0.231. The Kier molecular flexibility index (Phi) is 5.99. The number of nitrogens with zero attached hydrogens (tertiary/aromatic N) is 3. The van der Waals surface area contributed by atoms with Crippen LogP contribution in [-0.4, -0.2) is 20.2 Å². The van der Waals surface area contributed by atoms with E-state index in [4.69, 9.17) is 21.6 Å². The Labute approximate surface area is 214 Å². The van der Waals surface area contributed by atoms with Gasteiger partial charge in [0.15, 0.2) is 17.2 Å². The average Bonchev–Trinajstić information content (AvgIpc) is 3.62. The summed E-state index contributed by atoms with van der Waals surface area (Å²) in [4.78, 5) is 22.1. The summed E-state index contributed by atoms with van der Waals surface area (Å²) < 4.78 is 2.07. The van der Waals surface area contributed by atoms with Gasteiger partial charge in [-0.25, -0.2) is 9.97 Å². The molecule has 6 heteroatoms. The van der Waals surface area contributed by atoms with E-state index in [1.807, 2.05) is 91.3 Å². The number of rotatable bonds is 8. The number of benzene rings is 3. The van der Waals surface area contributed by atoms with Crippen LogP contribution in [0.15, 0.2) is 91.3 Å². The van der Waals surface area contributed by atoms with Crippen molar-refractivity contribution in [3.8, 4) is 22.5 Å². The Morgan fingerprint density at radius 3 is 2.53 bits per heavy atom. The maximum atomic E-state index is 12.5. The van der Waals surface area contributed by atoms with Gasteiger partial charge in [-0.1, -0.05) is 78.3 Å². The first-order valence-corrected chi connectivity index (χ1v) is 12.6. The van der Waals surface area contributed by atoms with E-state index < -0.39 is 0 Å². The molecule has 0 atom stereocenters. The first kappa shape index (κ1) is 22.5. The lowest BCUT2D eigenvalue weighted by Crippen LogP contribution is -2.05. The molecule has 1 aliphatic carbocycles. The van der Waals surface area contributed by atoms with Gasteiger partial charge in [0.1, 0.15) is 0 Å². The zero-order valence-electron chi connectivity index (χ0n) is 19.7. The van der Waals surface area contributed by atoms with Crippen LogP contribution in [0, 0.1) is 5.92 Å². The standard InChI is InChI=1S/C30H25ClN4O/c31-25-8-4-5-21(15-25)17-32-29-30-33-18-27(35(30)19-26(34-29)22-6-2-1-3-7-22)23-11-13-24(14-12-23)28(36)16-20-9-10-20/h1-8,11-15,18-20H,9-10,16-17H2,(H,32,34). The van der Waals surface area contributed by atoms with Gasteiger partial charge in [0.05, 0.1) is 17.6 Å². The Balaban J connectivity index is 1.38. The molecule has 0 amide bonds. The minimum Gasteiger partial charge on any atom is -0.363 e. The minimum absolute atomic E-state index is 0.227. The Hall–Kier alpha value is -3.96. The molecule has 0 unspecified atom stereocenters. The van der Waals surface area contributed by atoms with Gasteiger partial charge < -0.3 is 5.32 Å². The molecular formula is C30H25ClN4O. The fourth-order valence-corrected chi connectivity index (χ4v) is 4.64. The lowest BCUT2D eigenvalue weighted by Gasteiger charge is -2.12. The van der Waals surface area contributed by atoms with E-state index in [1.165, 1.54) is 12.8 Å². The third-order valence-corrected chi connectivity index (χ3v) is 6.82. The van der Waals surface area contributed by atoms with E-state index in [2.05, 4.69) is 9.72 Å². The summed E-state index contributed by atoms with van der Waals surface area (Å²) in [5.74, 6) is 1.50. The molecule has 2 aromatic heterocycles. The molecule has 6 rings (SSSR count). The number of Topliss-reactive ketones (excluding diaryl/α,β-unsaturated/α-hetero) is 1. The van der Waals surface area contributed by atoms with Crippen LogP contribution in [0.5, 0.6) is 0 Å². The number of hydrogen-bond acceptors (Lipinski definition) is 4. The molecule has 5 nitrogen and oxygen atoms in total. The average molecular weight is 493 g/mol. The highest BCUT2D eigenvalue weighted by molar-refractivity contribution is 6.30. The summed E-state index contributed by atoms with van der Waals surface area (Å²) in [6.45, 7) is 0.571. The summed E-state index contributed by atoms with van der Waals surface area (Å²) >= 11 is 6.18. The van der Waals surface area contributed by atoms with Crippen molar-refractivity contribution in [2.45, 2.75) is 25.8 Å². The predicted octanol–water partition coefficient (Wildman–Crippen LogP) is 7.31. The topological polar surface area (TPSA) is 59.3 Å². The van der Waals surface area contributed by atoms with Gasteiger partial charge >= 0.3 is 0 Å². The molecule has 1 saturated carbocycles. The normalized spacial score (nSPS) is 13.1. The third kappa shape index (κ3) is 4.75. The summed E-state index contributed by atoms with van der Waals surface area (Å²) in [7, 11) is 0. The van der Waals surface area contributed by atoms with Crippen LogP contribution in [-0.2, 0) is 6.54 Å². The highest BCUT2D eigenvalue weighted by Gasteiger charge is 2.25. The summed E-state index contributed by atoms with van der Waals surface area (Å²) in [5.41, 5.74) is 6.37. The number of carbonyl (C=O) groups is 1. The third-order valence-electron chi connectivity index (χ3n) is 6.58. The van der Waals surface area contributed by atoms with Gasteiger partial charge in [-0.2, -0.15) is 0 Å². The predicted molar refractivity (Wildman–Crippen MR) is 144 cm³/mol. The maximum absolute atomic E-state index is 12.5. The van der Waals surface area contributed by atoms with Gasteiger partial charge in [0, 0.05) is 40.9 Å². The number of aromatic nitrogens is 3. The van der Waals surface area contributed by atoms with Crippen molar-refractivity contribution in [1.29, 1.82) is 0 Å². The fourth-order valence-electron chi connectivity index (χ4n) is 4.43. The van der Waals surface area contributed by atoms with E-state index in [0.717, 1.165) is 39.3 Å². The number of nitrogens with one attached hydrogen (secondary N) is 1. The van der Waals surface area contributed by atoms with E-state index in [-0.39, 0.29) is 5.78 Å². The summed E-state index contributed by atoms with van der Waals surface area (Å²) in [5, 5.41) is 4.16. The van der Waals surface area contributed by atoms with E-state index >= 15 is 0 Å². The fraction of sp³-hybridized carbons (Fsp3) is 0.167. The highest BCUT2D eigenvalue weighted by atomic mass is 35.5. The SMILES string of the molecule is O=C(CC1CC1)c1ccc(-c2cnc3c(NCc4cccc(Cl)c4)nc(-c4ccccc4)cn23)cc1. The largest absolute Gasteiger partial charge is 0.363 e. The zero-order chi connectivity index (χ0) is 24.5. The number of anilines is 1. The summed E-state index contributed by atoms with van der Waals surface area (Å²) in [6.07, 6.45) is 6.89. The van der Waals surface area contributed by atoms with Crippen LogP contribution in [0.2, 0.25) is 5.02 Å². The van der Waals surface area contributed by atoms with Crippen LogP contribution < -0.4 is 5.32 Å². The monoisotopic (exact) mass is 492 g/mol. The van der Waals surface area contributed by atoms with Crippen LogP contribution >= 0.6 is 11.6 Å². The van der Waals surface area contributed by atoms with Crippen molar-refractivity contribution < 1.29 is 4.79 Å². The second-order valence-electron chi connectivity index (χ2n) is 9.31. The molecule has 178 valence electrons. The first-order valence-electron chi connectivity index (χ1n) is 12.2. The van der Waals surface area contributed by atoms with Crippen molar-refractivity contribution in [3.05, 3.63) is 107 Å². The Morgan fingerprint density at radius 1 is 0.972 bits per heavy atom. The second-order valence-corrected chi connectivity index (χ2v) is 9.75. The molecule has 5 aromatic rings. The second kappa shape index (κ2) is 9.59. The van der Waals surface area contributed by atoms with Gasteiger partial charge in [-0.3, -0.25) is 9.20 Å². The number of hydrogen-bond donors (Lipinski definition) is 1. The van der Waals surface area contributed by atoms with Gasteiger partial charge in [-0.05, 0) is 36.5 Å². The number of fused-ring (bicyclic) bond motifs is 1. The molecule has 0 saturated heterocycles. The lowest BCUT2D eigenvalue weighted by molar-refractivity contribution is 0.0976. The molecule has 0 radical (unpaired) electrons. The van der Waals surface area contributed by atoms with Crippen LogP contribution in [0.25, 0.3) is 28.2 Å². The van der Waals surface area contributed by atoms with Crippen molar-refractivity contribution in [2.75, 3.05) is 5.32 Å². The molecule has 1 aliphatic rings. The first-order chi connectivity index (χ1) is 17.6. The summed E-state index contributed by atoms with van der Waals surface area (Å²) in [6, 6.07) is 25.7. The zero-order valence-corrected chi connectivity index (χ0v) is 20.4. The van der Waals surface area contributed by atoms with Crippen molar-refractivity contribution in [1.82, 2.24) is 14.4 Å².